The molecule has 5 rings (SSSR count). The minimum absolute atomic E-state index is 0.0285. The molecule has 0 aliphatic carbocycles. The number of rotatable bonds is 44. The molecule has 3 aromatic heterocycles. The van der Waals surface area contributed by atoms with Gasteiger partial charge in [-0.2, -0.15) is 5.26 Å². The molecule has 0 saturated carbocycles. The third kappa shape index (κ3) is 87.0. The molecular formula is C103H201N23O14S. The van der Waals surface area contributed by atoms with Crippen LogP contribution in [0.15, 0.2) is 61.0 Å². The Bertz CT molecular complexity index is 4410. The van der Waals surface area contributed by atoms with E-state index in [1.807, 2.05) is 62.8 Å². The molecule has 38 heteroatoms. The highest BCUT2D eigenvalue weighted by atomic mass is 32.2. The summed E-state index contributed by atoms with van der Waals surface area (Å²) in [6.45, 7) is 73.7. The Morgan fingerprint density at radius 3 is 1.34 bits per heavy atom. The fraction of sp³-hybridized carbons (Fsp3) is 0.806. The van der Waals surface area contributed by atoms with Crippen LogP contribution in [-0.2, 0) is 57.1 Å². The van der Waals surface area contributed by atoms with Crippen LogP contribution in [0.3, 0.4) is 0 Å². The third-order valence-corrected chi connectivity index (χ3v) is 21.5. The first kappa shape index (κ1) is 140. The average Bonchev–Trinajstić information content (AvgIpc) is 0.813. The summed E-state index contributed by atoms with van der Waals surface area (Å²) in [7, 11) is 12.2. The second kappa shape index (κ2) is 73.7. The number of anilines is 4. The number of nitrogens with one attached hydrogen (secondary N) is 8. The molecule has 0 aliphatic heterocycles. The summed E-state index contributed by atoms with van der Waals surface area (Å²) in [5.41, 5.74) is 4.16. The van der Waals surface area contributed by atoms with Crippen molar-refractivity contribution in [3.8, 4) is 6.19 Å². The predicted molar refractivity (Wildman–Crippen MR) is 582 cm³/mol. The van der Waals surface area contributed by atoms with Crippen LogP contribution in [0.4, 0.5) is 32.3 Å². The summed E-state index contributed by atoms with van der Waals surface area (Å²) in [5.74, 6) is 3.14. The number of ether oxygens (including phenoxy) is 3. The number of aliphatic imine (C=N–C) groups is 1. The number of aryl methyl sites for hydroxylation is 3. The van der Waals surface area contributed by atoms with Gasteiger partial charge in [0.05, 0.1) is 62.3 Å². The number of methoxy groups -OCH3 is 1. The van der Waals surface area contributed by atoms with Crippen LogP contribution < -0.4 is 69.1 Å². The molecule has 3 heterocycles. The van der Waals surface area contributed by atoms with Gasteiger partial charge in [-0.25, -0.2) is 22.3 Å². The number of carbonyl (C=O) groups excluding carboxylic acids is 2. The molecule has 0 saturated heterocycles. The highest BCUT2D eigenvalue weighted by molar-refractivity contribution is 7.88. The van der Waals surface area contributed by atoms with Gasteiger partial charge in [0.1, 0.15) is 34.1 Å². The average molecular weight is 2020 g/mol. The lowest BCUT2D eigenvalue weighted by Crippen LogP contribution is -2.40. The van der Waals surface area contributed by atoms with Crippen LogP contribution in [0, 0.1) is 77.2 Å². The van der Waals surface area contributed by atoms with E-state index < -0.39 is 25.8 Å². The van der Waals surface area contributed by atoms with Crippen molar-refractivity contribution in [1.29, 1.82) is 5.26 Å². The first-order valence-corrected chi connectivity index (χ1v) is 52.2. The zero-order valence-electron chi connectivity index (χ0n) is 95.6. The number of sulfonamides is 1. The molecule has 0 atom stereocenters. The van der Waals surface area contributed by atoms with Crippen LogP contribution in [-0.4, -0.2) is 212 Å². The summed E-state index contributed by atoms with van der Waals surface area (Å²) in [4.78, 5) is 83.7. The van der Waals surface area contributed by atoms with Crippen molar-refractivity contribution >= 4 is 50.9 Å². The molecule has 5 aromatic rings. The molecule has 0 spiro atoms. The summed E-state index contributed by atoms with van der Waals surface area (Å²) < 4.78 is 43.8. The maximum absolute atomic E-state index is 11.4. The molecule has 0 radical (unpaired) electrons. The van der Waals surface area contributed by atoms with E-state index in [4.69, 9.17) is 19.8 Å². The quantitative estimate of drug-likeness (QED) is 0.00256. The zero-order valence-corrected chi connectivity index (χ0v) is 96.4. The number of hydrogen-bond acceptors (Lipinski definition) is 28. The number of guanidine groups is 1. The lowest BCUT2D eigenvalue weighted by atomic mass is 9.90. The van der Waals surface area contributed by atoms with Crippen LogP contribution in [0.2, 0.25) is 0 Å². The van der Waals surface area contributed by atoms with Gasteiger partial charge in [-0.3, -0.25) is 53.6 Å². The Morgan fingerprint density at radius 1 is 0.546 bits per heavy atom. The van der Waals surface area contributed by atoms with Crippen LogP contribution in [0.1, 0.15) is 348 Å². The first-order valence-electron chi connectivity index (χ1n) is 50.3. The Hall–Kier alpha value is -9.35. The number of nitriles is 1. The van der Waals surface area contributed by atoms with Gasteiger partial charge >= 0.3 is 12.2 Å². The monoisotopic (exact) mass is 2020 g/mol. The van der Waals surface area contributed by atoms with E-state index in [9.17, 15) is 47.3 Å². The Morgan fingerprint density at radius 2 is 0.957 bits per heavy atom. The molecule has 0 aliphatic rings. The van der Waals surface area contributed by atoms with Gasteiger partial charge in [0.25, 0.3) is 27.9 Å². The van der Waals surface area contributed by atoms with Crippen molar-refractivity contribution in [1.82, 2.24) is 80.8 Å². The maximum Gasteiger partial charge on any atom is 0.406 e. The van der Waals surface area contributed by atoms with Gasteiger partial charge in [0.15, 0.2) is 12.0 Å². The molecule has 0 fully saturated rings. The van der Waals surface area contributed by atoms with Gasteiger partial charge < -0.3 is 66.3 Å². The number of aliphatic hydroxyl groups is 1. The van der Waals surface area contributed by atoms with E-state index in [1.54, 1.807) is 69.2 Å². The lowest BCUT2D eigenvalue weighted by Gasteiger charge is -2.21. The number of amides is 2. The SMILES string of the molecule is CC(C)(C)CCCn1cc(CO)nn1.CC(C)(C)CCCn1cc(COC(C)(C)C)nn1.CC(C)(C)CCCn1ccnn1.CC(C)CCCN(C)S(C)(=O)=O.CC(C)CCCN=C(NC#N)N(C)C.CN(C)c1c(NCCCC(C)(C)C)c(=O)c1=O.CN/C(=C\[N+](=O)[O-])NCCCC(C)C.CNC(=O)OCCCC(C)(C)C.CNc1c(NCCCC(C)(C)C)c(=O)c1=O.COC(=O)NCCCC(C)(C)C. The van der Waals surface area contributed by atoms with Crippen LogP contribution >= 0.6 is 0 Å². The molecule has 141 heavy (non-hydrogen) atoms. The molecule has 818 valence electrons. The molecule has 37 nitrogen and oxygen atoms in total. The normalized spacial score (nSPS) is 11.9. The number of hydrogen-bond donors (Lipinski definition) is 9. The molecular weight excluding hydrogens is 1820 g/mol. The lowest BCUT2D eigenvalue weighted by molar-refractivity contribution is -0.404. The van der Waals surface area contributed by atoms with Crippen molar-refractivity contribution in [3.05, 3.63) is 99.2 Å². The highest BCUT2D eigenvalue weighted by Gasteiger charge is 2.24. The van der Waals surface area contributed by atoms with Gasteiger partial charge in [0, 0.05) is 121 Å². The third-order valence-electron chi connectivity index (χ3n) is 20.2. The van der Waals surface area contributed by atoms with Gasteiger partial charge in [0.2, 0.25) is 16.0 Å². The predicted octanol–water partition coefficient (Wildman–Crippen LogP) is 18.6. The molecule has 2 amide bonds. The van der Waals surface area contributed by atoms with Gasteiger partial charge in [-0.05, 0) is 205 Å². The van der Waals surface area contributed by atoms with E-state index >= 15 is 0 Å². The minimum atomic E-state index is -2.97. The van der Waals surface area contributed by atoms with Crippen molar-refractivity contribution in [3.63, 3.8) is 0 Å². The number of carbonyl (C=O) groups is 2. The summed E-state index contributed by atoms with van der Waals surface area (Å²) >= 11 is 0. The summed E-state index contributed by atoms with van der Waals surface area (Å²) in [6.07, 6.45) is 32.5. The smallest absolute Gasteiger partial charge is 0.406 e. The van der Waals surface area contributed by atoms with Crippen molar-refractivity contribution in [2.24, 2.45) is 60.7 Å². The number of nitrogens with zero attached hydrogens (tertiary/aromatic N) is 15. The van der Waals surface area contributed by atoms with Gasteiger partial charge in [-0.15, -0.1) is 15.3 Å². The van der Waals surface area contributed by atoms with E-state index in [1.165, 1.54) is 49.8 Å². The standard InChI is InChI=1S/C14H27N3O.C13H22N2O2.C12H20N2O2.C10H20N4.C10H19N3O.C9H19N3O2.C9H17N3.2C9H19NO2.C8H19NO2S/c1-13(2,3)8-7-9-17-10-12(15-16-17)11-18-14(4,5)6;1-13(2,3)7-6-8-14-9-10(15(4)5)12(17)11(9)16;1-12(2,3)6-5-7-14-9-8(13-4)10(15)11(9)16;1-9(2)6-5-7-12-10(13-8-11)14(3)4;1-10(2,3)5-4-6-13-7-9(8-14)11-12-13;1-8(2)5-4-6-11-9(10-3)7-12(13)14;1-9(2,3)5-4-7-12-8-6-10-11-12;1-9(2,3)6-5-7-10-8(11)12-4;1-9(2,3)6-5-7-12-8(11)10-4;1-8(2)6-5-7-9(3)12(4,10)11/h10H,7-9,11H2,1-6H3;14H,6-8H2,1-5H3;13-14H,5-7H2,1-4H3;9H,5-7H2,1-4H3,(H,12,13);7,14H,4-6,8H2,1-3H3;7-8,10-11H,4-6H2,1-3H3;6,8H,4-5,7H2,1-3H3;2*5-7H2,1-4H3,(H,10,11);8H,5-7H2,1-4H3/b;;;;;9-7+;;;;. The number of aliphatic hydroxyl groups excluding tert-OH is 1. The Balaban J connectivity index is -0.000000487. The van der Waals surface area contributed by atoms with E-state index in [2.05, 4.69) is 270 Å². The zero-order chi connectivity index (χ0) is 110. The first-order chi connectivity index (χ1) is 64.7. The second-order valence-electron chi connectivity index (χ2n) is 46.4. The maximum atomic E-state index is 11.4. The minimum Gasteiger partial charge on any atom is -0.453 e. The van der Waals surface area contributed by atoms with E-state index in [0.717, 1.165) is 160 Å². The fourth-order valence-electron chi connectivity index (χ4n) is 12.1. The Kier molecular flexibility index (Phi) is 73.2. The number of aromatic nitrogens is 9. The number of nitro groups is 1. The van der Waals surface area contributed by atoms with Crippen LogP contribution in [0.5, 0.6) is 0 Å². The number of alkyl carbamates (subject to hydrolysis) is 2. The van der Waals surface area contributed by atoms with E-state index in [0.29, 0.717) is 116 Å². The fourth-order valence-corrected chi connectivity index (χ4v) is 12.6. The topological polar surface area (TPSA) is 462 Å². The molecule has 2 aromatic carbocycles. The summed E-state index contributed by atoms with van der Waals surface area (Å²) in [6, 6.07) is 0. The summed E-state index contributed by atoms with van der Waals surface area (Å²) in [5, 5.41) is 73.2. The van der Waals surface area contributed by atoms with Crippen molar-refractivity contribution in [2.45, 2.75) is 375 Å². The van der Waals surface area contributed by atoms with Gasteiger partial charge in [-0.1, -0.05) is 203 Å². The highest BCUT2D eigenvalue weighted by Crippen LogP contribution is 2.27. The molecule has 0 unspecified atom stereocenters. The second-order valence-corrected chi connectivity index (χ2v) is 48.5. The van der Waals surface area contributed by atoms with Crippen molar-refractivity contribution < 1.29 is 42.2 Å². The van der Waals surface area contributed by atoms with E-state index in [-0.39, 0.29) is 35.3 Å². The Labute approximate surface area is 851 Å². The largest absolute Gasteiger partial charge is 0.453 e. The molecule has 9 N–H and O–H groups in total. The molecule has 0 bridgehead atoms. The van der Waals surface area contributed by atoms with Crippen molar-refractivity contribution in [2.75, 3.05) is 136 Å². The van der Waals surface area contributed by atoms with Crippen LogP contribution in [0.25, 0.3) is 0 Å².